The minimum absolute atomic E-state index is 0.716. The van der Waals surface area contributed by atoms with Crippen LogP contribution in [0, 0.1) is 13.8 Å². The fourth-order valence-corrected chi connectivity index (χ4v) is 1.12. The Kier molecular flexibility index (Phi) is 3.56. The molecule has 0 aliphatic carbocycles. The summed E-state index contributed by atoms with van der Waals surface area (Å²) in [4.78, 5) is 0. The second-order valence-corrected chi connectivity index (χ2v) is 3.19. The first-order chi connectivity index (χ1) is 6.24. The molecule has 0 atom stereocenters. The van der Waals surface area contributed by atoms with Gasteiger partial charge in [0, 0.05) is 0 Å². The molecule has 1 rings (SSSR count). The Bertz CT molecular complexity index is 289. The third-order valence-corrected chi connectivity index (χ3v) is 1.92. The molecule has 0 aliphatic heterocycles. The van der Waals surface area contributed by atoms with Crippen molar-refractivity contribution in [3.05, 3.63) is 42.0 Å². The molecule has 0 aliphatic rings. The Labute approximate surface area is 80.0 Å². The topological polar surface area (TPSA) is 9.23 Å². The molecule has 0 spiro atoms. The molecule has 0 bridgehead atoms. The van der Waals surface area contributed by atoms with Crippen molar-refractivity contribution in [2.75, 3.05) is 6.61 Å². The number of ether oxygens (including phenoxy) is 1. The monoisotopic (exact) mass is 176 g/mol. The van der Waals surface area contributed by atoms with Crippen LogP contribution in [0.2, 0.25) is 0 Å². The molecule has 1 heteroatoms. The summed E-state index contributed by atoms with van der Waals surface area (Å²) in [7, 11) is 0. The van der Waals surface area contributed by atoms with Gasteiger partial charge < -0.3 is 4.74 Å². The lowest BCUT2D eigenvalue weighted by Gasteiger charge is -2.08. The van der Waals surface area contributed by atoms with E-state index in [9.17, 15) is 0 Å². The zero-order valence-electron chi connectivity index (χ0n) is 8.34. The third-order valence-electron chi connectivity index (χ3n) is 1.92. The van der Waals surface area contributed by atoms with Crippen LogP contribution in [0.4, 0.5) is 0 Å². The van der Waals surface area contributed by atoms with Crippen LogP contribution >= 0.6 is 0 Å². The average molecular weight is 176 g/mol. The standard InChI is InChI=1S/C12H16O/c1-4-5-8-13-12-9-10(2)6-7-11(12)3/h4,6-7,9H,1,5,8H2,2-3H3. The predicted octanol–water partition coefficient (Wildman–Crippen LogP) is 3.26. The van der Waals surface area contributed by atoms with E-state index in [-0.39, 0.29) is 0 Å². The van der Waals surface area contributed by atoms with E-state index in [0.29, 0.717) is 6.61 Å². The summed E-state index contributed by atoms with van der Waals surface area (Å²) >= 11 is 0. The minimum atomic E-state index is 0.716. The fourth-order valence-electron chi connectivity index (χ4n) is 1.12. The molecule has 1 aromatic rings. The molecule has 0 radical (unpaired) electrons. The lowest BCUT2D eigenvalue weighted by Crippen LogP contribution is -1.97. The first-order valence-electron chi connectivity index (χ1n) is 4.55. The summed E-state index contributed by atoms with van der Waals surface area (Å²) in [5.74, 6) is 0.988. The van der Waals surface area contributed by atoms with Crippen LogP contribution in [0.3, 0.4) is 0 Å². The molecule has 0 unspecified atom stereocenters. The minimum Gasteiger partial charge on any atom is -0.493 e. The maximum atomic E-state index is 5.59. The Hall–Kier alpha value is -1.24. The van der Waals surface area contributed by atoms with Crippen molar-refractivity contribution < 1.29 is 4.74 Å². The van der Waals surface area contributed by atoms with Gasteiger partial charge in [-0.1, -0.05) is 18.2 Å². The van der Waals surface area contributed by atoms with Crippen molar-refractivity contribution in [3.8, 4) is 5.75 Å². The molecule has 0 fully saturated rings. The summed E-state index contributed by atoms with van der Waals surface area (Å²) in [5, 5.41) is 0. The smallest absolute Gasteiger partial charge is 0.122 e. The van der Waals surface area contributed by atoms with Crippen molar-refractivity contribution in [2.24, 2.45) is 0 Å². The van der Waals surface area contributed by atoms with Gasteiger partial charge in [0.15, 0.2) is 0 Å². The van der Waals surface area contributed by atoms with Crippen LogP contribution in [-0.2, 0) is 0 Å². The highest BCUT2D eigenvalue weighted by atomic mass is 16.5. The molecule has 1 nitrogen and oxygen atoms in total. The van der Waals surface area contributed by atoms with Gasteiger partial charge in [-0.3, -0.25) is 0 Å². The first kappa shape index (κ1) is 9.85. The summed E-state index contributed by atoms with van der Waals surface area (Å²) in [6.45, 7) is 8.50. The normalized spacial score (nSPS) is 9.69. The molecule has 70 valence electrons. The Morgan fingerprint density at radius 1 is 1.38 bits per heavy atom. The Morgan fingerprint density at radius 3 is 2.85 bits per heavy atom. The van der Waals surface area contributed by atoms with E-state index in [2.05, 4.69) is 38.6 Å². The third kappa shape index (κ3) is 2.94. The summed E-state index contributed by atoms with van der Waals surface area (Å²) in [5.41, 5.74) is 2.42. The average Bonchev–Trinajstić information content (AvgIpc) is 2.11. The van der Waals surface area contributed by atoms with Crippen LogP contribution in [0.1, 0.15) is 17.5 Å². The lowest BCUT2D eigenvalue weighted by molar-refractivity contribution is 0.322. The largest absolute Gasteiger partial charge is 0.493 e. The van der Waals surface area contributed by atoms with Gasteiger partial charge in [-0.05, 0) is 37.5 Å². The quantitative estimate of drug-likeness (QED) is 0.505. The zero-order valence-corrected chi connectivity index (χ0v) is 8.34. The number of rotatable bonds is 4. The van der Waals surface area contributed by atoms with E-state index in [4.69, 9.17) is 4.74 Å². The predicted molar refractivity (Wildman–Crippen MR) is 56.2 cm³/mol. The maximum absolute atomic E-state index is 5.59. The molecular formula is C12H16O. The van der Waals surface area contributed by atoms with Crippen molar-refractivity contribution in [2.45, 2.75) is 20.3 Å². The molecule has 0 saturated heterocycles. The second-order valence-electron chi connectivity index (χ2n) is 3.19. The molecule has 0 heterocycles. The highest BCUT2D eigenvalue weighted by molar-refractivity contribution is 5.35. The van der Waals surface area contributed by atoms with Crippen LogP contribution < -0.4 is 4.74 Å². The number of hydrogen-bond acceptors (Lipinski definition) is 1. The SMILES string of the molecule is C=CCCOc1cc(C)ccc1C. The van der Waals surface area contributed by atoms with Gasteiger partial charge in [0.05, 0.1) is 6.61 Å². The molecule has 0 amide bonds. The molecule has 0 N–H and O–H groups in total. The van der Waals surface area contributed by atoms with Crippen molar-refractivity contribution in [3.63, 3.8) is 0 Å². The maximum Gasteiger partial charge on any atom is 0.122 e. The number of hydrogen-bond donors (Lipinski definition) is 0. The zero-order chi connectivity index (χ0) is 9.68. The number of benzene rings is 1. The van der Waals surface area contributed by atoms with Crippen molar-refractivity contribution >= 4 is 0 Å². The van der Waals surface area contributed by atoms with E-state index >= 15 is 0 Å². The Balaban J connectivity index is 2.64. The van der Waals surface area contributed by atoms with E-state index in [1.807, 2.05) is 6.08 Å². The summed E-state index contributed by atoms with van der Waals surface area (Å²) < 4.78 is 5.59. The van der Waals surface area contributed by atoms with Gasteiger partial charge >= 0.3 is 0 Å². The highest BCUT2D eigenvalue weighted by Gasteiger charge is 1.97. The van der Waals surface area contributed by atoms with Crippen LogP contribution in [0.25, 0.3) is 0 Å². The molecule has 0 saturated carbocycles. The van der Waals surface area contributed by atoms with Gasteiger partial charge in [0.25, 0.3) is 0 Å². The summed E-state index contributed by atoms with van der Waals surface area (Å²) in [6.07, 6.45) is 2.76. The van der Waals surface area contributed by atoms with Gasteiger partial charge in [-0.2, -0.15) is 0 Å². The van der Waals surface area contributed by atoms with Crippen LogP contribution in [0.15, 0.2) is 30.9 Å². The molecule has 13 heavy (non-hydrogen) atoms. The van der Waals surface area contributed by atoms with Gasteiger partial charge in [-0.25, -0.2) is 0 Å². The molecular weight excluding hydrogens is 160 g/mol. The second kappa shape index (κ2) is 4.70. The van der Waals surface area contributed by atoms with E-state index < -0.39 is 0 Å². The van der Waals surface area contributed by atoms with E-state index in [0.717, 1.165) is 12.2 Å². The lowest BCUT2D eigenvalue weighted by atomic mass is 10.1. The Morgan fingerprint density at radius 2 is 2.15 bits per heavy atom. The molecule has 1 aromatic carbocycles. The highest BCUT2D eigenvalue weighted by Crippen LogP contribution is 2.18. The van der Waals surface area contributed by atoms with Crippen molar-refractivity contribution in [1.82, 2.24) is 0 Å². The van der Waals surface area contributed by atoms with Gasteiger partial charge in [0.2, 0.25) is 0 Å². The molecule has 0 aromatic heterocycles. The van der Waals surface area contributed by atoms with Gasteiger partial charge in [0.1, 0.15) is 5.75 Å². The van der Waals surface area contributed by atoms with Crippen LogP contribution in [-0.4, -0.2) is 6.61 Å². The first-order valence-corrected chi connectivity index (χ1v) is 4.55. The fraction of sp³-hybridized carbons (Fsp3) is 0.333. The van der Waals surface area contributed by atoms with Crippen molar-refractivity contribution in [1.29, 1.82) is 0 Å². The van der Waals surface area contributed by atoms with E-state index in [1.165, 1.54) is 11.1 Å². The van der Waals surface area contributed by atoms with Crippen LogP contribution in [0.5, 0.6) is 5.75 Å². The number of aryl methyl sites for hydroxylation is 2. The van der Waals surface area contributed by atoms with E-state index in [1.54, 1.807) is 0 Å². The summed E-state index contributed by atoms with van der Waals surface area (Å²) in [6, 6.07) is 6.24. The van der Waals surface area contributed by atoms with Gasteiger partial charge in [-0.15, -0.1) is 6.58 Å².